The fourth-order valence-corrected chi connectivity index (χ4v) is 0.725. The number of anilines is 1. The minimum atomic E-state index is 0.368. The molecule has 0 unspecified atom stereocenters. The molecule has 4 heteroatoms. The monoisotopic (exact) mass is 156 g/mol. The van der Waals surface area contributed by atoms with E-state index in [1.165, 1.54) is 0 Å². The van der Waals surface area contributed by atoms with Crippen molar-refractivity contribution in [3.63, 3.8) is 0 Å². The van der Waals surface area contributed by atoms with Gasteiger partial charge in [-0.1, -0.05) is 0 Å². The minimum Gasteiger partial charge on any atom is -0.397 e. The Kier molecular flexibility index (Phi) is 2.95. The molecule has 1 rings (SSSR count). The molecule has 0 saturated carbocycles. The highest BCUT2D eigenvalue weighted by Crippen LogP contribution is 2.08. The maximum atomic E-state index is 5.56. The fourth-order valence-electron chi connectivity index (χ4n) is 0.725. The van der Waals surface area contributed by atoms with Crippen molar-refractivity contribution < 1.29 is 9.78 Å². The Morgan fingerprint density at radius 1 is 1.55 bits per heavy atom. The van der Waals surface area contributed by atoms with Crippen LogP contribution >= 0.6 is 0 Å². The highest BCUT2D eigenvalue weighted by atomic mass is 17.2. The summed E-state index contributed by atoms with van der Waals surface area (Å²) in [5, 5.41) is 0. The molecule has 0 atom stereocenters. The van der Waals surface area contributed by atoms with E-state index >= 15 is 0 Å². The Morgan fingerprint density at radius 3 is 2.91 bits per heavy atom. The molecule has 11 heavy (non-hydrogen) atoms. The molecule has 0 amide bonds. The molecule has 62 valence electrons. The van der Waals surface area contributed by atoms with Crippen LogP contribution < -0.4 is 5.73 Å². The lowest BCUT2D eigenvalue weighted by atomic mass is 10.4. The first-order valence-corrected chi connectivity index (χ1v) is 3.50. The number of aromatic amines is 1. The Hall–Kier alpha value is -1.00. The molecule has 0 aliphatic heterocycles. The summed E-state index contributed by atoms with van der Waals surface area (Å²) >= 11 is 0. The smallest absolute Gasteiger partial charge is 0.124 e. The lowest BCUT2D eigenvalue weighted by Crippen LogP contribution is -1.97. The Bertz CT molecular complexity index is 210. The third-order valence-electron chi connectivity index (χ3n) is 1.27. The van der Waals surface area contributed by atoms with Crippen LogP contribution in [0.2, 0.25) is 0 Å². The van der Waals surface area contributed by atoms with E-state index in [-0.39, 0.29) is 0 Å². The van der Waals surface area contributed by atoms with Gasteiger partial charge in [0, 0.05) is 6.20 Å². The molecular formula is C7H12N2O2. The van der Waals surface area contributed by atoms with Crippen LogP contribution in [0.3, 0.4) is 0 Å². The Labute approximate surface area is 65.2 Å². The van der Waals surface area contributed by atoms with Gasteiger partial charge in [-0.15, -0.1) is 0 Å². The summed E-state index contributed by atoms with van der Waals surface area (Å²) in [4.78, 5) is 12.4. The van der Waals surface area contributed by atoms with Crippen molar-refractivity contribution in [2.45, 2.75) is 13.5 Å². The number of nitrogens with one attached hydrogen (secondary N) is 1. The summed E-state index contributed by atoms with van der Waals surface area (Å²) in [5.41, 5.74) is 7.10. The zero-order chi connectivity index (χ0) is 8.10. The number of aromatic nitrogens is 1. The summed E-state index contributed by atoms with van der Waals surface area (Å²) < 4.78 is 0. The van der Waals surface area contributed by atoms with Crippen LogP contribution in [0, 0.1) is 0 Å². The summed E-state index contributed by atoms with van der Waals surface area (Å²) in [6, 6.07) is 1.78. The van der Waals surface area contributed by atoms with Crippen molar-refractivity contribution >= 4 is 5.69 Å². The molecule has 0 radical (unpaired) electrons. The van der Waals surface area contributed by atoms with Crippen LogP contribution in [0.25, 0.3) is 0 Å². The number of hydrogen-bond acceptors (Lipinski definition) is 3. The van der Waals surface area contributed by atoms with Gasteiger partial charge in [-0.2, -0.15) is 0 Å². The molecule has 0 aliphatic rings. The van der Waals surface area contributed by atoms with E-state index in [1.807, 2.05) is 6.92 Å². The number of hydrogen-bond donors (Lipinski definition) is 2. The number of nitrogens with two attached hydrogens (primary N) is 1. The third-order valence-corrected chi connectivity index (χ3v) is 1.27. The van der Waals surface area contributed by atoms with Crippen LogP contribution in [0.15, 0.2) is 12.3 Å². The van der Waals surface area contributed by atoms with Crippen molar-refractivity contribution in [1.29, 1.82) is 0 Å². The van der Waals surface area contributed by atoms with Gasteiger partial charge in [0.05, 0.1) is 18.0 Å². The van der Waals surface area contributed by atoms with E-state index in [0.717, 1.165) is 5.69 Å². The maximum Gasteiger partial charge on any atom is 0.124 e. The van der Waals surface area contributed by atoms with Gasteiger partial charge in [0.15, 0.2) is 0 Å². The lowest BCUT2D eigenvalue weighted by molar-refractivity contribution is -0.301. The molecule has 0 saturated heterocycles. The van der Waals surface area contributed by atoms with Crippen molar-refractivity contribution in [3.05, 3.63) is 18.0 Å². The second-order valence-corrected chi connectivity index (χ2v) is 2.08. The number of H-pyrrole nitrogens is 1. The standard InChI is InChI=1S/C7H12N2O2/c1-2-10-11-5-7-6(8)3-4-9-7/h3-4,9H,2,5,8H2,1H3. The molecule has 0 aliphatic carbocycles. The predicted molar refractivity (Wildman–Crippen MR) is 41.6 cm³/mol. The largest absolute Gasteiger partial charge is 0.397 e. The van der Waals surface area contributed by atoms with Gasteiger partial charge < -0.3 is 10.7 Å². The van der Waals surface area contributed by atoms with Crippen LogP contribution in [-0.4, -0.2) is 11.6 Å². The molecule has 1 heterocycles. The van der Waals surface area contributed by atoms with E-state index in [0.29, 0.717) is 18.9 Å². The highest BCUT2D eigenvalue weighted by molar-refractivity contribution is 5.42. The number of nitrogen functional groups attached to an aromatic ring is 1. The fraction of sp³-hybridized carbons (Fsp3) is 0.429. The van der Waals surface area contributed by atoms with Crippen molar-refractivity contribution in [2.24, 2.45) is 0 Å². The second-order valence-electron chi connectivity index (χ2n) is 2.08. The molecule has 0 fully saturated rings. The summed E-state index contributed by atoms with van der Waals surface area (Å²) in [7, 11) is 0. The quantitative estimate of drug-likeness (QED) is 0.389. The van der Waals surface area contributed by atoms with Gasteiger partial charge in [-0.05, 0) is 13.0 Å². The molecule has 0 bridgehead atoms. The van der Waals surface area contributed by atoms with Crippen molar-refractivity contribution in [1.82, 2.24) is 4.98 Å². The lowest BCUT2D eigenvalue weighted by Gasteiger charge is -2.00. The van der Waals surface area contributed by atoms with Gasteiger partial charge in [0.1, 0.15) is 6.61 Å². The van der Waals surface area contributed by atoms with Gasteiger partial charge in [0.25, 0.3) is 0 Å². The van der Waals surface area contributed by atoms with E-state index in [1.54, 1.807) is 12.3 Å². The Balaban J connectivity index is 2.32. The molecule has 1 aromatic heterocycles. The molecule has 4 nitrogen and oxygen atoms in total. The van der Waals surface area contributed by atoms with E-state index in [2.05, 4.69) is 9.87 Å². The average Bonchev–Trinajstić information content (AvgIpc) is 2.37. The molecule has 1 aromatic rings. The predicted octanol–water partition coefficient (Wildman–Crippen LogP) is 1.06. The molecular weight excluding hydrogens is 144 g/mol. The van der Waals surface area contributed by atoms with Crippen LogP contribution in [0.1, 0.15) is 12.6 Å². The van der Waals surface area contributed by atoms with E-state index in [4.69, 9.17) is 10.6 Å². The molecule has 0 aromatic carbocycles. The van der Waals surface area contributed by atoms with Gasteiger partial charge in [0.2, 0.25) is 0 Å². The second kappa shape index (κ2) is 4.00. The Morgan fingerprint density at radius 2 is 2.36 bits per heavy atom. The van der Waals surface area contributed by atoms with E-state index < -0.39 is 0 Å². The van der Waals surface area contributed by atoms with Gasteiger partial charge in [-0.3, -0.25) is 0 Å². The summed E-state index contributed by atoms with van der Waals surface area (Å²) in [6.45, 7) is 2.77. The molecule has 0 spiro atoms. The first-order valence-electron chi connectivity index (χ1n) is 3.50. The van der Waals surface area contributed by atoms with Crippen molar-refractivity contribution in [3.8, 4) is 0 Å². The highest BCUT2D eigenvalue weighted by Gasteiger charge is 1.98. The van der Waals surface area contributed by atoms with Crippen LogP contribution in [0.4, 0.5) is 5.69 Å². The van der Waals surface area contributed by atoms with Gasteiger partial charge >= 0.3 is 0 Å². The van der Waals surface area contributed by atoms with E-state index in [9.17, 15) is 0 Å². The third kappa shape index (κ3) is 2.25. The van der Waals surface area contributed by atoms with Crippen LogP contribution in [-0.2, 0) is 16.4 Å². The minimum absolute atomic E-state index is 0.368. The average molecular weight is 156 g/mol. The van der Waals surface area contributed by atoms with Crippen molar-refractivity contribution in [2.75, 3.05) is 12.3 Å². The first-order chi connectivity index (χ1) is 5.34. The summed E-state index contributed by atoms with van der Waals surface area (Å²) in [5.74, 6) is 0. The normalized spacial score (nSPS) is 10.3. The summed E-state index contributed by atoms with van der Waals surface area (Å²) in [6.07, 6.45) is 1.76. The first kappa shape index (κ1) is 8.10. The van der Waals surface area contributed by atoms with Gasteiger partial charge in [-0.25, -0.2) is 9.78 Å². The number of rotatable bonds is 4. The zero-order valence-electron chi connectivity index (χ0n) is 6.46. The SMILES string of the molecule is CCOOCc1[nH]ccc1N. The maximum absolute atomic E-state index is 5.56. The zero-order valence-corrected chi connectivity index (χ0v) is 6.46. The topological polar surface area (TPSA) is 60.3 Å². The molecule has 3 N–H and O–H groups in total. The van der Waals surface area contributed by atoms with Crippen LogP contribution in [0.5, 0.6) is 0 Å².